The molecular weight excluding hydrogens is 318 g/mol. The summed E-state index contributed by atoms with van der Waals surface area (Å²) in [6.45, 7) is 3.46. The minimum atomic E-state index is 0.0676. The third-order valence-corrected chi connectivity index (χ3v) is 4.80. The van der Waals surface area contributed by atoms with Crippen LogP contribution < -0.4 is 5.32 Å². The lowest BCUT2D eigenvalue weighted by Gasteiger charge is -2.09. The lowest BCUT2D eigenvalue weighted by atomic mass is 10.2. The first-order chi connectivity index (χ1) is 11.7. The first-order valence-corrected chi connectivity index (χ1v) is 8.88. The number of carbonyl (C=O) groups is 1. The molecule has 5 heteroatoms. The number of carbonyl (C=O) groups excluding carboxylic acids is 1. The van der Waals surface area contributed by atoms with Crippen LogP contribution >= 0.6 is 11.3 Å². The van der Waals surface area contributed by atoms with Gasteiger partial charge < -0.3 is 9.88 Å². The number of nitrogens with zero attached hydrogens (tertiary/aromatic N) is 2. The van der Waals surface area contributed by atoms with E-state index in [-0.39, 0.29) is 5.91 Å². The van der Waals surface area contributed by atoms with Crippen molar-refractivity contribution in [3.63, 3.8) is 0 Å². The van der Waals surface area contributed by atoms with E-state index in [0.29, 0.717) is 13.0 Å². The van der Waals surface area contributed by atoms with Crippen molar-refractivity contribution in [2.24, 2.45) is 0 Å². The molecule has 0 radical (unpaired) electrons. The van der Waals surface area contributed by atoms with E-state index >= 15 is 0 Å². The summed E-state index contributed by atoms with van der Waals surface area (Å²) in [5.41, 5.74) is 1.24. The molecule has 0 saturated carbocycles. The number of hydrogen-bond donors (Lipinski definition) is 1. The van der Waals surface area contributed by atoms with E-state index in [1.54, 1.807) is 11.3 Å². The van der Waals surface area contributed by atoms with E-state index in [1.165, 1.54) is 10.4 Å². The molecule has 3 rings (SSSR count). The van der Waals surface area contributed by atoms with Crippen molar-refractivity contribution in [1.82, 2.24) is 14.9 Å². The zero-order valence-corrected chi connectivity index (χ0v) is 14.6. The molecule has 3 aromatic rings. The molecule has 1 N–H and O–H groups in total. The molecule has 0 bridgehead atoms. The molecule has 0 aliphatic heterocycles. The van der Waals surface area contributed by atoms with Gasteiger partial charge >= 0.3 is 0 Å². The van der Waals surface area contributed by atoms with Crippen LogP contribution in [-0.2, 0) is 24.2 Å². The van der Waals surface area contributed by atoms with Crippen LogP contribution in [0, 0.1) is 6.92 Å². The van der Waals surface area contributed by atoms with E-state index in [2.05, 4.69) is 33.9 Å². The van der Waals surface area contributed by atoms with Crippen molar-refractivity contribution in [3.05, 3.63) is 76.0 Å². The summed E-state index contributed by atoms with van der Waals surface area (Å²) in [4.78, 5) is 18.7. The minimum Gasteiger partial charge on any atom is -0.355 e. The number of nitrogens with one attached hydrogen (secondary N) is 1. The molecule has 0 spiro atoms. The van der Waals surface area contributed by atoms with E-state index in [1.807, 2.05) is 42.7 Å². The zero-order chi connectivity index (χ0) is 16.8. The quantitative estimate of drug-likeness (QED) is 0.718. The average molecular weight is 339 g/mol. The summed E-state index contributed by atoms with van der Waals surface area (Å²) in [7, 11) is 0. The van der Waals surface area contributed by atoms with Gasteiger partial charge in [-0.05, 0) is 24.6 Å². The van der Waals surface area contributed by atoms with Gasteiger partial charge in [-0.1, -0.05) is 30.3 Å². The highest BCUT2D eigenvalue weighted by atomic mass is 32.1. The van der Waals surface area contributed by atoms with Crippen LogP contribution in [0.3, 0.4) is 0 Å². The lowest BCUT2D eigenvalue weighted by molar-refractivity contribution is -0.120. The number of rotatable bonds is 7. The van der Waals surface area contributed by atoms with Crippen LogP contribution in [0.15, 0.2) is 54.9 Å². The summed E-state index contributed by atoms with van der Waals surface area (Å²) < 4.78 is 2.13. The van der Waals surface area contributed by atoms with Gasteiger partial charge in [0.25, 0.3) is 0 Å². The molecule has 0 aliphatic carbocycles. The maximum absolute atomic E-state index is 12.0. The predicted octanol–water partition coefficient (Wildman–Crippen LogP) is 3.20. The second-order valence-corrected chi connectivity index (χ2v) is 7.12. The van der Waals surface area contributed by atoms with Crippen molar-refractivity contribution >= 4 is 17.2 Å². The smallest absolute Gasteiger partial charge is 0.225 e. The van der Waals surface area contributed by atoms with Gasteiger partial charge in [0.05, 0.1) is 6.42 Å². The highest BCUT2D eigenvalue weighted by Crippen LogP contribution is 2.15. The number of hydrogen-bond acceptors (Lipinski definition) is 3. The first-order valence-electron chi connectivity index (χ1n) is 8.06. The summed E-state index contributed by atoms with van der Waals surface area (Å²) >= 11 is 1.67. The standard InChI is InChI=1S/C19H21N3OS/c1-15-7-8-17(24-15)13-19(23)21-10-9-18-20-11-12-22(18)14-16-5-3-2-4-6-16/h2-8,11-12H,9-10,13-14H2,1H3,(H,21,23). The van der Waals surface area contributed by atoms with Crippen molar-refractivity contribution in [2.75, 3.05) is 6.54 Å². The van der Waals surface area contributed by atoms with Gasteiger partial charge in [0.15, 0.2) is 0 Å². The van der Waals surface area contributed by atoms with Crippen molar-refractivity contribution in [2.45, 2.75) is 26.3 Å². The third kappa shape index (κ3) is 4.55. The van der Waals surface area contributed by atoms with Crippen LogP contribution in [0.25, 0.3) is 0 Å². The van der Waals surface area contributed by atoms with Crippen LogP contribution in [0.4, 0.5) is 0 Å². The summed E-state index contributed by atoms with van der Waals surface area (Å²) in [6, 6.07) is 14.4. The lowest BCUT2D eigenvalue weighted by Crippen LogP contribution is -2.27. The maximum Gasteiger partial charge on any atom is 0.225 e. The molecule has 0 saturated heterocycles. The van der Waals surface area contributed by atoms with Crippen molar-refractivity contribution in [1.29, 1.82) is 0 Å². The van der Waals surface area contributed by atoms with Gasteiger partial charge in [-0.3, -0.25) is 4.79 Å². The van der Waals surface area contributed by atoms with Crippen LogP contribution in [-0.4, -0.2) is 22.0 Å². The Kier molecular flexibility index (Phi) is 5.43. The van der Waals surface area contributed by atoms with Crippen LogP contribution in [0.5, 0.6) is 0 Å². The Labute approximate surface area is 146 Å². The van der Waals surface area contributed by atoms with E-state index in [4.69, 9.17) is 0 Å². The molecule has 0 aliphatic rings. The van der Waals surface area contributed by atoms with Crippen molar-refractivity contribution < 1.29 is 4.79 Å². The van der Waals surface area contributed by atoms with Gasteiger partial charge in [0, 0.05) is 41.7 Å². The normalized spacial score (nSPS) is 10.7. The number of thiophene rings is 1. The molecule has 2 heterocycles. The van der Waals surface area contributed by atoms with E-state index < -0.39 is 0 Å². The molecule has 1 aromatic carbocycles. The topological polar surface area (TPSA) is 46.9 Å². The molecule has 2 aromatic heterocycles. The molecule has 0 atom stereocenters. The fourth-order valence-electron chi connectivity index (χ4n) is 2.61. The molecule has 0 unspecified atom stereocenters. The second kappa shape index (κ2) is 7.93. The zero-order valence-electron chi connectivity index (χ0n) is 13.7. The highest BCUT2D eigenvalue weighted by Gasteiger charge is 2.07. The molecule has 24 heavy (non-hydrogen) atoms. The summed E-state index contributed by atoms with van der Waals surface area (Å²) in [6.07, 6.45) is 4.99. The van der Waals surface area contributed by atoms with Gasteiger partial charge in [0.1, 0.15) is 5.82 Å². The van der Waals surface area contributed by atoms with Gasteiger partial charge in [-0.15, -0.1) is 11.3 Å². The predicted molar refractivity (Wildman–Crippen MR) is 97.2 cm³/mol. The SMILES string of the molecule is Cc1ccc(CC(=O)NCCc2nccn2Cc2ccccc2)s1. The van der Waals surface area contributed by atoms with Gasteiger partial charge in [0.2, 0.25) is 5.91 Å². The largest absolute Gasteiger partial charge is 0.355 e. The highest BCUT2D eigenvalue weighted by molar-refractivity contribution is 7.12. The molecule has 4 nitrogen and oxygen atoms in total. The molecule has 124 valence electrons. The number of benzene rings is 1. The Morgan fingerprint density at radius 2 is 2.04 bits per heavy atom. The molecule has 1 amide bonds. The summed E-state index contributed by atoms with van der Waals surface area (Å²) in [5, 5.41) is 2.98. The fraction of sp³-hybridized carbons (Fsp3) is 0.263. The van der Waals surface area contributed by atoms with Crippen LogP contribution in [0.2, 0.25) is 0 Å². The number of aromatic nitrogens is 2. The van der Waals surface area contributed by atoms with E-state index in [0.717, 1.165) is 23.7 Å². The molecule has 0 fully saturated rings. The minimum absolute atomic E-state index is 0.0676. The maximum atomic E-state index is 12.0. The first kappa shape index (κ1) is 16.5. The Balaban J connectivity index is 1.48. The van der Waals surface area contributed by atoms with Gasteiger partial charge in [-0.2, -0.15) is 0 Å². The van der Waals surface area contributed by atoms with Crippen molar-refractivity contribution in [3.8, 4) is 0 Å². The van der Waals surface area contributed by atoms with Gasteiger partial charge in [-0.25, -0.2) is 4.98 Å². The average Bonchev–Trinajstić information content (AvgIpc) is 3.18. The van der Waals surface area contributed by atoms with Crippen LogP contribution in [0.1, 0.15) is 21.1 Å². The number of imidazole rings is 1. The monoisotopic (exact) mass is 339 g/mol. The second-order valence-electron chi connectivity index (χ2n) is 5.75. The number of aryl methyl sites for hydroxylation is 1. The Morgan fingerprint density at radius 1 is 1.21 bits per heavy atom. The third-order valence-electron chi connectivity index (χ3n) is 3.80. The molecular formula is C19H21N3OS. The Hall–Kier alpha value is -2.40. The summed E-state index contributed by atoms with van der Waals surface area (Å²) in [5.74, 6) is 1.06. The Morgan fingerprint density at radius 3 is 2.79 bits per heavy atom. The van der Waals surface area contributed by atoms with E-state index in [9.17, 15) is 4.79 Å². The number of amides is 1. The fourth-order valence-corrected chi connectivity index (χ4v) is 3.50. The Bertz CT molecular complexity index is 792.